The van der Waals surface area contributed by atoms with Gasteiger partial charge in [-0.05, 0) is 60.3 Å². The number of amides is 2. The van der Waals surface area contributed by atoms with Crippen molar-refractivity contribution in [3.05, 3.63) is 93.3 Å². The number of benzene rings is 2. The molecule has 2 aromatic carbocycles. The standard InChI is InChI=1S/C26H21ClN2O4S/c1-16-5-6-17(14-20(16)27)22-11-8-19(33-22)9-12-25(30)28-18-7-10-21(23(15-18)32-2)29-26(31)24-4-3-13-34-24/h3-15H,1-2H3,(H,28,30)(H,29,31)/b12-9+. The van der Waals surface area contributed by atoms with Gasteiger partial charge in [0.05, 0.1) is 17.7 Å². The highest BCUT2D eigenvalue weighted by Gasteiger charge is 2.12. The minimum Gasteiger partial charge on any atom is -0.494 e. The Balaban J connectivity index is 1.40. The average molecular weight is 493 g/mol. The van der Waals surface area contributed by atoms with E-state index in [1.807, 2.05) is 42.6 Å². The molecule has 0 fully saturated rings. The van der Waals surface area contributed by atoms with Gasteiger partial charge in [-0.1, -0.05) is 29.8 Å². The fraction of sp³-hybridized carbons (Fsp3) is 0.0769. The van der Waals surface area contributed by atoms with E-state index in [1.54, 1.807) is 36.4 Å². The molecule has 0 saturated carbocycles. The molecule has 2 N–H and O–H groups in total. The molecule has 2 aromatic heterocycles. The topological polar surface area (TPSA) is 80.6 Å². The van der Waals surface area contributed by atoms with Gasteiger partial charge in [0.15, 0.2) is 0 Å². The van der Waals surface area contributed by atoms with Crippen LogP contribution in [-0.4, -0.2) is 18.9 Å². The summed E-state index contributed by atoms with van der Waals surface area (Å²) in [6, 6.07) is 17.9. The van der Waals surface area contributed by atoms with E-state index in [1.165, 1.54) is 24.5 Å². The number of ether oxygens (including phenoxy) is 1. The Labute approximate surface area is 205 Å². The third-order valence-electron chi connectivity index (χ3n) is 4.94. The number of hydrogen-bond donors (Lipinski definition) is 2. The summed E-state index contributed by atoms with van der Waals surface area (Å²) in [5.74, 6) is 1.06. The van der Waals surface area contributed by atoms with Gasteiger partial charge in [-0.2, -0.15) is 0 Å². The Bertz CT molecular complexity index is 1360. The van der Waals surface area contributed by atoms with Crippen LogP contribution in [0.4, 0.5) is 11.4 Å². The van der Waals surface area contributed by atoms with Crippen LogP contribution in [0.5, 0.6) is 5.75 Å². The maximum Gasteiger partial charge on any atom is 0.265 e. The molecule has 4 rings (SSSR count). The van der Waals surface area contributed by atoms with Crippen molar-refractivity contribution in [1.29, 1.82) is 0 Å². The Morgan fingerprint density at radius 3 is 2.65 bits per heavy atom. The van der Waals surface area contributed by atoms with Crippen molar-refractivity contribution in [2.75, 3.05) is 17.7 Å². The highest BCUT2D eigenvalue weighted by Crippen LogP contribution is 2.29. The van der Waals surface area contributed by atoms with E-state index in [-0.39, 0.29) is 11.8 Å². The van der Waals surface area contributed by atoms with Crippen molar-refractivity contribution in [1.82, 2.24) is 0 Å². The first kappa shape index (κ1) is 23.4. The number of furan rings is 1. The van der Waals surface area contributed by atoms with Crippen LogP contribution in [0.2, 0.25) is 5.02 Å². The lowest BCUT2D eigenvalue weighted by atomic mass is 10.1. The molecule has 34 heavy (non-hydrogen) atoms. The number of rotatable bonds is 7. The summed E-state index contributed by atoms with van der Waals surface area (Å²) < 4.78 is 11.2. The third kappa shape index (κ3) is 5.57. The molecule has 0 spiro atoms. The largest absolute Gasteiger partial charge is 0.494 e. The van der Waals surface area contributed by atoms with Crippen molar-refractivity contribution < 1.29 is 18.7 Å². The smallest absolute Gasteiger partial charge is 0.265 e. The van der Waals surface area contributed by atoms with Crippen LogP contribution < -0.4 is 15.4 Å². The summed E-state index contributed by atoms with van der Waals surface area (Å²) in [5, 5.41) is 8.08. The summed E-state index contributed by atoms with van der Waals surface area (Å²) >= 11 is 7.54. The summed E-state index contributed by atoms with van der Waals surface area (Å²) in [7, 11) is 1.50. The zero-order valence-corrected chi connectivity index (χ0v) is 20.0. The second-order valence-corrected chi connectivity index (χ2v) is 8.69. The lowest BCUT2D eigenvalue weighted by Crippen LogP contribution is -2.12. The van der Waals surface area contributed by atoms with Gasteiger partial charge in [0.1, 0.15) is 17.3 Å². The van der Waals surface area contributed by atoms with E-state index in [4.69, 9.17) is 20.8 Å². The number of carbonyl (C=O) groups is 2. The fourth-order valence-electron chi connectivity index (χ4n) is 3.15. The van der Waals surface area contributed by atoms with E-state index >= 15 is 0 Å². The van der Waals surface area contributed by atoms with Gasteiger partial charge < -0.3 is 19.8 Å². The molecule has 172 valence electrons. The van der Waals surface area contributed by atoms with Crippen LogP contribution in [0.1, 0.15) is 21.0 Å². The first-order chi connectivity index (χ1) is 16.4. The zero-order valence-electron chi connectivity index (χ0n) is 18.4. The van der Waals surface area contributed by atoms with Gasteiger partial charge in [-0.3, -0.25) is 9.59 Å². The number of carbonyl (C=O) groups excluding carboxylic acids is 2. The van der Waals surface area contributed by atoms with Gasteiger partial charge in [-0.15, -0.1) is 11.3 Å². The van der Waals surface area contributed by atoms with Crippen molar-refractivity contribution in [3.63, 3.8) is 0 Å². The summed E-state index contributed by atoms with van der Waals surface area (Å²) in [6.07, 6.45) is 2.96. The molecule has 4 aromatic rings. The SMILES string of the molecule is COc1cc(NC(=O)/C=C/c2ccc(-c3ccc(C)c(Cl)c3)o2)ccc1NC(=O)c1cccs1. The second kappa shape index (κ2) is 10.4. The van der Waals surface area contributed by atoms with Crippen LogP contribution in [0.3, 0.4) is 0 Å². The Morgan fingerprint density at radius 2 is 1.91 bits per heavy atom. The van der Waals surface area contributed by atoms with Gasteiger partial charge in [0, 0.05) is 28.4 Å². The van der Waals surface area contributed by atoms with Gasteiger partial charge >= 0.3 is 0 Å². The van der Waals surface area contributed by atoms with Gasteiger partial charge in [0.2, 0.25) is 5.91 Å². The molecule has 0 bridgehead atoms. The van der Waals surface area contributed by atoms with Crippen molar-refractivity contribution in [3.8, 4) is 17.1 Å². The van der Waals surface area contributed by atoms with Crippen LogP contribution in [0.25, 0.3) is 17.4 Å². The number of aryl methyl sites for hydroxylation is 1. The Kier molecular flexibility index (Phi) is 7.15. The highest BCUT2D eigenvalue weighted by molar-refractivity contribution is 7.12. The first-order valence-corrected chi connectivity index (χ1v) is 11.6. The van der Waals surface area contributed by atoms with Crippen LogP contribution in [-0.2, 0) is 4.79 Å². The number of halogens is 1. The zero-order chi connectivity index (χ0) is 24.1. The van der Waals surface area contributed by atoms with Gasteiger partial charge in [-0.25, -0.2) is 0 Å². The molecule has 8 heteroatoms. The second-order valence-electron chi connectivity index (χ2n) is 7.34. The molecule has 0 aliphatic carbocycles. The quantitative estimate of drug-likeness (QED) is 0.275. The minimum absolute atomic E-state index is 0.223. The Hall–Kier alpha value is -3.81. The van der Waals surface area contributed by atoms with Crippen molar-refractivity contribution in [2.45, 2.75) is 6.92 Å². The monoisotopic (exact) mass is 492 g/mol. The van der Waals surface area contributed by atoms with E-state index < -0.39 is 0 Å². The molecule has 0 radical (unpaired) electrons. The molecule has 0 atom stereocenters. The summed E-state index contributed by atoms with van der Waals surface area (Å²) in [6.45, 7) is 1.94. The van der Waals surface area contributed by atoms with Crippen LogP contribution in [0.15, 0.2) is 76.5 Å². The van der Waals surface area contributed by atoms with E-state index in [0.29, 0.717) is 38.5 Å². The maximum atomic E-state index is 12.4. The number of nitrogens with one attached hydrogen (secondary N) is 2. The maximum absolute atomic E-state index is 12.4. The molecule has 0 saturated heterocycles. The molecule has 0 aliphatic rings. The summed E-state index contributed by atoms with van der Waals surface area (Å²) in [5.41, 5.74) is 2.88. The predicted octanol–water partition coefficient (Wildman–Crippen LogP) is 6.88. The molecule has 2 heterocycles. The predicted molar refractivity (Wildman–Crippen MR) is 137 cm³/mol. The van der Waals surface area contributed by atoms with Crippen molar-refractivity contribution in [2.24, 2.45) is 0 Å². The third-order valence-corrected chi connectivity index (χ3v) is 6.22. The van der Waals surface area contributed by atoms with Gasteiger partial charge in [0.25, 0.3) is 5.91 Å². The summed E-state index contributed by atoms with van der Waals surface area (Å²) in [4.78, 5) is 25.3. The van der Waals surface area contributed by atoms with E-state index in [0.717, 1.165) is 11.1 Å². The van der Waals surface area contributed by atoms with E-state index in [9.17, 15) is 9.59 Å². The molecule has 0 aliphatic heterocycles. The minimum atomic E-state index is -0.339. The van der Waals surface area contributed by atoms with E-state index in [2.05, 4.69) is 10.6 Å². The molecule has 0 unspecified atom stereocenters. The lowest BCUT2D eigenvalue weighted by Gasteiger charge is -2.11. The number of methoxy groups -OCH3 is 1. The van der Waals surface area contributed by atoms with Crippen molar-refractivity contribution >= 4 is 52.2 Å². The number of hydrogen-bond acceptors (Lipinski definition) is 5. The Morgan fingerprint density at radius 1 is 1.06 bits per heavy atom. The number of anilines is 2. The number of thiophene rings is 1. The average Bonchev–Trinajstić information content (AvgIpc) is 3.53. The molecular formula is C26H21ClN2O4S. The lowest BCUT2D eigenvalue weighted by molar-refractivity contribution is -0.111. The molecule has 6 nitrogen and oxygen atoms in total. The van der Waals surface area contributed by atoms with Crippen LogP contribution >= 0.6 is 22.9 Å². The fourth-order valence-corrected chi connectivity index (χ4v) is 3.95. The van der Waals surface area contributed by atoms with Crippen LogP contribution in [0, 0.1) is 6.92 Å². The molecule has 2 amide bonds. The first-order valence-electron chi connectivity index (χ1n) is 10.3. The highest BCUT2D eigenvalue weighted by atomic mass is 35.5. The molecular weight excluding hydrogens is 472 g/mol. The normalized spacial score (nSPS) is 10.9.